The van der Waals surface area contributed by atoms with Gasteiger partial charge in [0.2, 0.25) is 0 Å². The number of hydrogen-bond donors (Lipinski definition) is 2. The number of imidazole rings is 1. The maximum absolute atomic E-state index is 5.29. The number of aromatic nitrogens is 2. The van der Waals surface area contributed by atoms with Crippen molar-refractivity contribution < 1.29 is 4.42 Å². The van der Waals surface area contributed by atoms with Crippen LogP contribution in [0.1, 0.15) is 17.1 Å². The van der Waals surface area contributed by atoms with Gasteiger partial charge in [-0.05, 0) is 18.6 Å². The molecule has 0 aliphatic heterocycles. The molecule has 0 saturated carbocycles. The minimum absolute atomic E-state index is 0.729. The van der Waals surface area contributed by atoms with Gasteiger partial charge in [-0.1, -0.05) is 0 Å². The Morgan fingerprint density at radius 3 is 3.07 bits per heavy atom. The lowest BCUT2D eigenvalue weighted by Crippen LogP contribution is -2.13. The lowest BCUT2D eigenvalue weighted by molar-refractivity contribution is 0.478. The highest BCUT2D eigenvalue weighted by atomic mass is 16.3. The van der Waals surface area contributed by atoms with E-state index in [0.29, 0.717) is 0 Å². The average Bonchev–Trinajstić information content (AvgIpc) is 2.78. The quantitative estimate of drug-likeness (QED) is 0.771. The van der Waals surface area contributed by atoms with E-state index in [0.717, 1.165) is 24.7 Å². The van der Waals surface area contributed by atoms with Crippen molar-refractivity contribution in [1.82, 2.24) is 15.3 Å². The highest BCUT2D eigenvalue weighted by Gasteiger charge is 2.01. The Labute approximate surface area is 82.4 Å². The van der Waals surface area contributed by atoms with Crippen LogP contribution in [0.5, 0.6) is 0 Å². The molecule has 0 spiro atoms. The van der Waals surface area contributed by atoms with Crippen LogP contribution in [0.3, 0.4) is 0 Å². The Morgan fingerprint density at radius 2 is 2.43 bits per heavy atom. The first kappa shape index (κ1) is 9.02. The molecule has 0 fully saturated rings. The first-order chi connectivity index (χ1) is 6.86. The average molecular weight is 191 g/mol. The highest BCUT2D eigenvalue weighted by molar-refractivity contribution is 5.14. The van der Waals surface area contributed by atoms with Gasteiger partial charge in [0.05, 0.1) is 19.4 Å². The molecule has 2 N–H and O–H groups in total. The van der Waals surface area contributed by atoms with Gasteiger partial charge >= 0.3 is 0 Å². The summed E-state index contributed by atoms with van der Waals surface area (Å²) in [6.07, 6.45) is 5.27. The molecule has 14 heavy (non-hydrogen) atoms. The Balaban J connectivity index is 1.81. The molecule has 0 unspecified atom stereocenters. The molecule has 4 nitrogen and oxygen atoms in total. The van der Waals surface area contributed by atoms with Crippen LogP contribution in [0, 0.1) is 6.92 Å². The van der Waals surface area contributed by atoms with E-state index in [-0.39, 0.29) is 0 Å². The normalized spacial score (nSPS) is 10.6. The fraction of sp³-hybridized carbons (Fsp3) is 0.300. The second-order valence-electron chi connectivity index (χ2n) is 3.17. The number of hydrogen-bond acceptors (Lipinski definition) is 3. The van der Waals surface area contributed by atoms with E-state index >= 15 is 0 Å². The molecule has 0 aliphatic carbocycles. The molecule has 74 valence electrons. The maximum atomic E-state index is 5.29. The van der Waals surface area contributed by atoms with E-state index in [1.54, 1.807) is 12.5 Å². The van der Waals surface area contributed by atoms with Crippen molar-refractivity contribution in [2.24, 2.45) is 0 Å². The van der Waals surface area contributed by atoms with Gasteiger partial charge in [-0.25, -0.2) is 4.98 Å². The number of aryl methyl sites for hydroxylation is 1. The molecule has 2 aromatic heterocycles. The third-order valence-electron chi connectivity index (χ3n) is 2.10. The molecule has 0 radical (unpaired) electrons. The molecule has 0 aliphatic rings. The van der Waals surface area contributed by atoms with E-state index in [9.17, 15) is 0 Å². The van der Waals surface area contributed by atoms with Crippen LogP contribution in [-0.2, 0) is 13.1 Å². The zero-order valence-electron chi connectivity index (χ0n) is 8.08. The topological polar surface area (TPSA) is 53.9 Å². The SMILES string of the molecule is Cc1ccoc1CNCc1ncc[nH]1. The van der Waals surface area contributed by atoms with Gasteiger partial charge in [0.15, 0.2) is 0 Å². The van der Waals surface area contributed by atoms with E-state index in [4.69, 9.17) is 4.42 Å². The summed E-state index contributed by atoms with van der Waals surface area (Å²) < 4.78 is 5.29. The van der Waals surface area contributed by atoms with Gasteiger partial charge in [-0.3, -0.25) is 0 Å². The molecule has 0 bridgehead atoms. The summed E-state index contributed by atoms with van der Waals surface area (Å²) in [4.78, 5) is 7.14. The van der Waals surface area contributed by atoms with Crippen molar-refractivity contribution in [2.45, 2.75) is 20.0 Å². The first-order valence-corrected chi connectivity index (χ1v) is 4.58. The summed E-state index contributed by atoms with van der Waals surface area (Å²) in [5.41, 5.74) is 1.18. The fourth-order valence-electron chi connectivity index (χ4n) is 1.27. The van der Waals surface area contributed by atoms with Crippen LogP contribution in [-0.4, -0.2) is 9.97 Å². The molecule has 0 saturated heterocycles. The van der Waals surface area contributed by atoms with Crippen LogP contribution >= 0.6 is 0 Å². The summed E-state index contributed by atoms with van der Waals surface area (Å²) in [7, 11) is 0. The van der Waals surface area contributed by atoms with Gasteiger partial charge in [-0.2, -0.15) is 0 Å². The van der Waals surface area contributed by atoms with Crippen LogP contribution < -0.4 is 5.32 Å². The summed E-state index contributed by atoms with van der Waals surface area (Å²) in [6.45, 7) is 3.50. The number of rotatable bonds is 4. The number of H-pyrrole nitrogens is 1. The van der Waals surface area contributed by atoms with Crippen molar-refractivity contribution in [3.05, 3.63) is 41.9 Å². The molecule has 4 heteroatoms. The molecular weight excluding hydrogens is 178 g/mol. The molecule has 0 amide bonds. The molecule has 0 atom stereocenters. The largest absolute Gasteiger partial charge is 0.468 e. The maximum Gasteiger partial charge on any atom is 0.120 e. The van der Waals surface area contributed by atoms with Crippen LogP contribution in [0.2, 0.25) is 0 Å². The summed E-state index contributed by atoms with van der Waals surface area (Å²) in [6, 6.07) is 1.96. The standard InChI is InChI=1S/C10H13N3O/c1-8-2-5-14-9(8)6-11-7-10-12-3-4-13-10/h2-5,11H,6-7H2,1H3,(H,12,13). The van der Waals surface area contributed by atoms with Gasteiger partial charge in [-0.15, -0.1) is 0 Å². The summed E-state index contributed by atoms with van der Waals surface area (Å²) in [5, 5.41) is 3.24. The Bertz CT molecular complexity index is 378. The Kier molecular flexibility index (Phi) is 2.65. The van der Waals surface area contributed by atoms with E-state index in [1.807, 2.05) is 19.2 Å². The van der Waals surface area contributed by atoms with Crippen molar-refractivity contribution in [2.75, 3.05) is 0 Å². The zero-order valence-corrected chi connectivity index (χ0v) is 8.08. The number of aromatic amines is 1. The van der Waals surface area contributed by atoms with Crippen molar-refractivity contribution >= 4 is 0 Å². The van der Waals surface area contributed by atoms with E-state index in [1.165, 1.54) is 5.56 Å². The fourth-order valence-corrected chi connectivity index (χ4v) is 1.27. The van der Waals surface area contributed by atoms with Crippen LogP contribution in [0.4, 0.5) is 0 Å². The van der Waals surface area contributed by atoms with E-state index in [2.05, 4.69) is 15.3 Å². The predicted octanol–water partition coefficient (Wildman–Crippen LogP) is 1.60. The third-order valence-corrected chi connectivity index (χ3v) is 2.10. The highest BCUT2D eigenvalue weighted by Crippen LogP contribution is 2.07. The predicted molar refractivity (Wildman–Crippen MR) is 52.6 cm³/mol. The Hall–Kier alpha value is -1.55. The minimum atomic E-state index is 0.729. The summed E-state index contributed by atoms with van der Waals surface area (Å²) >= 11 is 0. The molecule has 0 aromatic carbocycles. The van der Waals surface area contributed by atoms with Crippen LogP contribution in [0.15, 0.2) is 29.1 Å². The summed E-state index contributed by atoms with van der Waals surface area (Å²) in [5.74, 6) is 1.92. The Morgan fingerprint density at radius 1 is 1.50 bits per heavy atom. The van der Waals surface area contributed by atoms with Gasteiger partial charge in [0.1, 0.15) is 11.6 Å². The number of nitrogens with zero attached hydrogens (tertiary/aromatic N) is 1. The monoisotopic (exact) mass is 191 g/mol. The van der Waals surface area contributed by atoms with Crippen LogP contribution in [0.25, 0.3) is 0 Å². The van der Waals surface area contributed by atoms with E-state index < -0.39 is 0 Å². The second kappa shape index (κ2) is 4.11. The number of furan rings is 1. The van der Waals surface area contributed by atoms with Crippen molar-refractivity contribution in [3.63, 3.8) is 0 Å². The lowest BCUT2D eigenvalue weighted by atomic mass is 10.3. The molecular formula is C10H13N3O. The molecule has 2 aromatic rings. The van der Waals surface area contributed by atoms with Gasteiger partial charge in [0, 0.05) is 12.4 Å². The smallest absolute Gasteiger partial charge is 0.120 e. The molecule has 2 rings (SSSR count). The number of nitrogens with one attached hydrogen (secondary N) is 2. The first-order valence-electron chi connectivity index (χ1n) is 4.58. The molecule has 2 heterocycles. The van der Waals surface area contributed by atoms with Crippen molar-refractivity contribution in [1.29, 1.82) is 0 Å². The van der Waals surface area contributed by atoms with Gasteiger partial charge < -0.3 is 14.7 Å². The lowest BCUT2D eigenvalue weighted by Gasteiger charge is -2.00. The minimum Gasteiger partial charge on any atom is -0.468 e. The second-order valence-corrected chi connectivity index (χ2v) is 3.17. The van der Waals surface area contributed by atoms with Crippen molar-refractivity contribution in [3.8, 4) is 0 Å². The zero-order chi connectivity index (χ0) is 9.80. The third kappa shape index (κ3) is 2.03. The van der Waals surface area contributed by atoms with Gasteiger partial charge in [0.25, 0.3) is 0 Å².